The highest BCUT2D eigenvalue weighted by Crippen LogP contribution is 2.25. The SMILES string of the molecule is CCN1CCN(C(=O)C(Cc2ccccc2)NS(=O)(=O)c2cc(C)ccc2OC)CC1. The molecule has 1 atom stereocenters. The molecule has 1 aliphatic heterocycles. The van der Waals surface area contributed by atoms with Crippen LogP contribution >= 0.6 is 0 Å². The van der Waals surface area contributed by atoms with Gasteiger partial charge >= 0.3 is 0 Å². The molecule has 0 aliphatic carbocycles. The van der Waals surface area contributed by atoms with E-state index in [0.717, 1.165) is 30.8 Å². The number of methoxy groups -OCH3 is 1. The zero-order valence-corrected chi connectivity index (χ0v) is 19.2. The van der Waals surface area contributed by atoms with Gasteiger partial charge in [0.1, 0.15) is 16.7 Å². The first-order valence-electron chi connectivity index (χ1n) is 10.6. The Hall–Kier alpha value is -2.42. The van der Waals surface area contributed by atoms with Gasteiger partial charge < -0.3 is 14.5 Å². The number of hydrogen-bond acceptors (Lipinski definition) is 5. The number of carbonyl (C=O) groups excluding carboxylic acids is 1. The quantitative estimate of drug-likeness (QED) is 0.673. The van der Waals surface area contributed by atoms with Crippen molar-refractivity contribution in [2.45, 2.75) is 31.2 Å². The third-order valence-corrected chi connectivity index (χ3v) is 7.11. The Kier molecular flexibility index (Phi) is 7.69. The number of hydrogen-bond donors (Lipinski definition) is 1. The van der Waals surface area contributed by atoms with Crippen LogP contribution in [-0.2, 0) is 21.2 Å². The Morgan fingerprint density at radius 3 is 2.39 bits per heavy atom. The van der Waals surface area contributed by atoms with Gasteiger partial charge in [-0.25, -0.2) is 8.42 Å². The molecule has 1 heterocycles. The number of benzene rings is 2. The average Bonchev–Trinajstić information content (AvgIpc) is 2.78. The van der Waals surface area contributed by atoms with Crippen molar-refractivity contribution in [1.82, 2.24) is 14.5 Å². The molecule has 1 aliphatic rings. The van der Waals surface area contributed by atoms with Crippen LogP contribution in [0.15, 0.2) is 53.4 Å². The first-order valence-corrected chi connectivity index (χ1v) is 12.0. The second kappa shape index (κ2) is 10.3. The van der Waals surface area contributed by atoms with Crippen molar-refractivity contribution < 1.29 is 17.9 Å². The Balaban J connectivity index is 1.87. The number of nitrogens with one attached hydrogen (secondary N) is 1. The second-order valence-electron chi connectivity index (χ2n) is 7.78. The molecule has 1 saturated heterocycles. The number of piperazine rings is 1. The number of sulfonamides is 1. The highest BCUT2D eigenvalue weighted by Gasteiger charge is 2.32. The Morgan fingerprint density at radius 2 is 1.77 bits per heavy atom. The molecule has 0 aromatic heterocycles. The fourth-order valence-electron chi connectivity index (χ4n) is 3.78. The highest BCUT2D eigenvalue weighted by atomic mass is 32.2. The molecule has 168 valence electrons. The molecule has 0 spiro atoms. The lowest BCUT2D eigenvalue weighted by Gasteiger charge is -2.36. The van der Waals surface area contributed by atoms with Gasteiger partial charge in [0.2, 0.25) is 15.9 Å². The lowest BCUT2D eigenvalue weighted by atomic mass is 10.1. The molecule has 1 amide bonds. The minimum absolute atomic E-state index is 0.0386. The smallest absolute Gasteiger partial charge is 0.244 e. The molecular weight excluding hydrogens is 414 g/mol. The summed E-state index contributed by atoms with van der Waals surface area (Å²) in [6.07, 6.45) is 0.279. The normalized spacial score (nSPS) is 16.2. The van der Waals surface area contributed by atoms with Gasteiger partial charge in [-0.05, 0) is 43.1 Å². The molecule has 0 saturated carbocycles. The average molecular weight is 446 g/mol. The number of ether oxygens (including phenoxy) is 1. The molecule has 1 fully saturated rings. The third-order valence-electron chi connectivity index (χ3n) is 5.62. The molecule has 0 radical (unpaired) electrons. The van der Waals surface area contributed by atoms with Crippen LogP contribution in [0.2, 0.25) is 0 Å². The highest BCUT2D eigenvalue weighted by molar-refractivity contribution is 7.89. The van der Waals surface area contributed by atoms with Gasteiger partial charge in [-0.1, -0.05) is 43.3 Å². The molecule has 2 aromatic rings. The van der Waals surface area contributed by atoms with Gasteiger partial charge in [0.25, 0.3) is 0 Å². The van der Waals surface area contributed by atoms with E-state index in [1.807, 2.05) is 37.3 Å². The summed E-state index contributed by atoms with van der Waals surface area (Å²) in [5.74, 6) is 0.0513. The fourth-order valence-corrected chi connectivity index (χ4v) is 5.22. The molecule has 2 aromatic carbocycles. The third kappa shape index (κ3) is 5.84. The fraction of sp³-hybridized carbons (Fsp3) is 0.435. The van der Waals surface area contributed by atoms with Crippen molar-refractivity contribution in [3.8, 4) is 5.75 Å². The lowest BCUT2D eigenvalue weighted by Crippen LogP contribution is -2.55. The first kappa shape index (κ1) is 23.2. The van der Waals surface area contributed by atoms with Gasteiger partial charge in [-0.2, -0.15) is 4.72 Å². The van der Waals surface area contributed by atoms with Crippen molar-refractivity contribution in [1.29, 1.82) is 0 Å². The summed E-state index contributed by atoms with van der Waals surface area (Å²) in [6.45, 7) is 7.62. The molecular formula is C23H31N3O4S. The number of rotatable bonds is 8. The number of nitrogens with zero attached hydrogens (tertiary/aromatic N) is 2. The number of likely N-dealkylation sites (N-methyl/N-ethyl adjacent to an activating group) is 1. The maximum absolute atomic E-state index is 13.4. The van der Waals surface area contributed by atoms with E-state index in [1.54, 1.807) is 23.1 Å². The maximum atomic E-state index is 13.4. The molecule has 8 heteroatoms. The van der Waals surface area contributed by atoms with Crippen molar-refractivity contribution in [3.63, 3.8) is 0 Å². The Morgan fingerprint density at radius 1 is 1.10 bits per heavy atom. The molecule has 7 nitrogen and oxygen atoms in total. The summed E-state index contributed by atoms with van der Waals surface area (Å²) in [7, 11) is -2.54. The van der Waals surface area contributed by atoms with Crippen LogP contribution in [0.3, 0.4) is 0 Å². The van der Waals surface area contributed by atoms with Crippen molar-refractivity contribution in [2.75, 3.05) is 39.8 Å². The molecule has 1 unspecified atom stereocenters. The molecule has 31 heavy (non-hydrogen) atoms. The summed E-state index contributed by atoms with van der Waals surface area (Å²) >= 11 is 0. The summed E-state index contributed by atoms with van der Waals surface area (Å²) in [6, 6.07) is 13.5. The van der Waals surface area contributed by atoms with E-state index < -0.39 is 16.1 Å². The predicted molar refractivity (Wildman–Crippen MR) is 121 cm³/mol. The Labute approximate surface area is 185 Å². The minimum atomic E-state index is -3.98. The van der Waals surface area contributed by atoms with Gasteiger partial charge in [0, 0.05) is 26.2 Å². The summed E-state index contributed by atoms with van der Waals surface area (Å²) in [4.78, 5) is 17.5. The summed E-state index contributed by atoms with van der Waals surface area (Å²) in [5.41, 5.74) is 1.69. The zero-order valence-electron chi connectivity index (χ0n) is 18.4. The van der Waals surface area contributed by atoms with E-state index in [-0.39, 0.29) is 23.0 Å². The van der Waals surface area contributed by atoms with Gasteiger partial charge in [0.05, 0.1) is 7.11 Å². The van der Waals surface area contributed by atoms with Gasteiger partial charge in [-0.15, -0.1) is 0 Å². The van der Waals surface area contributed by atoms with Crippen LogP contribution in [0.5, 0.6) is 5.75 Å². The van der Waals surface area contributed by atoms with Crippen LogP contribution < -0.4 is 9.46 Å². The standard InChI is InChI=1S/C23H31N3O4S/c1-4-25-12-14-26(15-13-25)23(27)20(17-19-8-6-5-7-9-19)24-31(28,29)22-16-18(2)10-11-21(22)30-3/h5-11,16,20,24H,4,12-15,17H2,1-3H3. The minimum Gasteiger partial charge on any atom is -0.495 e. The van der Waals surface area contributed by atoms with Crippen LogP contribution in [0.25, 0.3) is 0 Å². The van der Waals surface area contributed by atoms with Crippen LogP contribution in [0.4, 0.5) is 0 Å². The van der Waals surface area contributed by atoms with Crippen LogP contribution in [0.1, 0.15) is 18.1 Å². The number of amides is 1. The van der Waals surface area contributed by atoms with E-state index >= 15 is 0 Å². The second-order valence-corrected chi connectivity index (χ2v) is 9.46. The predicted octanol–water partition coefficient (Wildman–Crippen LogP) is 2.06. The van der Waals surface area contributed by atoms with Crippen molar-refractivity contribution in [3.05, 3.63) is 59.7 Å². The van der Waals surface area contributed by atoms with Gasteiger partial charge in [0.15, 0.2) is 0 Å². The monoisotopic (exact) mass is 445 g/mol. The van der Waals surface area contributed by atoms with E-state index in [2.05, 4.69) is 16.5 Å². The largest absolute Gasteiger partial charge is 0.495 e. The zero-order chi connectivity index (χ0) is 22.4. The Bertz CT molecular complexity index is 987. The van der Waals surface area contributed by atoms with E-state index in [1.165, 1.54) is 7.11 Å². The topological polar surface area (TPSA) is 79.0 Å². The molecule has 1 N–H and O–H groups in total. The van der Waals surface area contributed by atoms with Crippen LogP contribution in [0, 0.1) is 6.92 Å². The van der Waals surface area contributed by atoms with E-state index in [4.69, 9.17) is 4.74 Å². The number of aryl methyl sites for hydroxylation is 1. The van der Waals surface area contributed by atoms with Gasteiger partial charge in [-0.3, -0.25) is 4.79 Å². The molecule has 0 bridgehead atoms. The van der Waals surface area contributed by atoms with E-state index in [0.29, 0.717) is 13.1 Å². The lowest BCUT2D eigenvalue weighted by molar-refractivity contribution is -0.134. The van der Waals surface area contributed by atoms with Crippen molar-refractivity contribution >= 4 is 15.9 Å². The number of carbonyl (C=O) groups is 1. The van der Waals surface area contributed by atoms with Crippen LogP contribution in [-0.4, -0.2) is 70.0 Å². The maximum Gasteiger partial charge on any atom is 0.244 e. The summed E-state index contributed by atoms with van der Waals surface area (Å²) < 4.78 is 34.5. The summed E-state index contributed by atoms with van der Waals surface area (Å²) in [5, 5.41) is 0. The molecule has 3 rings (SSSR count). The van der Waals surface area contributed by atoms with E-state index in [9.17, 15) is 13.2 Å². The first-order chi connectivity index (χ1) is 14.8. The van der Waals surface area contributed by atoms with Crippen molar-refractivity contribution in [2.24, 2.45) is 0 Å².